The minimum absolute atomic E-state index is 0.00366. The summed E-state index contributed by atoms with van der Waals surface area (Å²) in [7, 11) is 0. The summed E-state index contributed by atoms with van der Waals surface area (Å²) in [5, 5.41) is 2.99. The van der Waals surface area contributed by atoms with Crippen LogP contribution in [-0.2, 0) is 0 Å². The van der Waals surface area contributed by atoms with Crippen LogP contribution in [0.4, 0.5) is 0 Å². The quantitative estimate of drug-likeness (QED) is 0.781. The Bertz CT molecular complexity index is 452. The van der Waals surface area contributed by atoms with E-state index in [2.05, 4.69) is 5.32 Å². The summed E-state index contributed by atoms with van der Waals surface area (Å²) >= 11 is 4.88. The van der Waals surface area contributed by atoms with Gasteiger partial charge in [0.05, 0.1) is 0 Å². The van der Waals surface area contributed by atoms with Gasteiger partial charge in [0.15, 0.2) is 0 Å². The Morgan fingerprint density at radius 3 is 2.62 bits per heavy atom. The fraction of sp³-hybridized carbons (Fsp3) is 0.333. The van der Waals surface area contributed by atoms with E-state index >= 15 is 0 Å². The van der Waals surface area contributed by atoms with E-state index in [0.717, 1.165) is 18.4 Å². The van der Waals surface area contributed by atoms with Gasteiger partial charge in [0, 0.05) is 16.7 Å². The highest BCUT2D eigenvalue weighted by molar-refractivity contribution is 7.80. The third kappa shape index (κ3) is 2.39. The van der Waals surface area contributed by atoms with Gasteiger partial charge in [-0.1, -0.05) is 24.4 Å². The third-order valence-electron chi connectivity index (χ3n) is 2.82. The van der Waals surface area contributed by atoms with Crippen LogP contribution < -0.4 is 11.1 Å². The monoisotopic (exact) mass is 234 g/mol. The lowest BCUT2D eigenvalue weighted by Gasteiger charge is -2.11. The summed E-state index contributed by atoms with van der Waals surface area (Å²) in [6.07, 6.45) is 2.10. The number of benzene rings is 1. The second kappa shape index (κ2) is 3.87. The Morgan fingerprint density at radius 2 is 2.06 bits per heavy atom. The smallest absolute Gasteiger partial charge is 0.251 e. The van der Waals surface area contributed by atoms with E-state index in [9.17, 15) is 4.79 Å². The van der Waals surface area contributed by atoms with Crippen molar-refractivity contribution < 1.29 is 4.79 Å². The van der Waals surface area contributed by atoms with Crippen molar-refractivity contribution in [3.05, 3.63) is 35.4 Å². The van der Waals surface area contributed by atoms with Crippen LogP contribution in [-0.4, -0.2) is 16.4 Å². The van der Waals surface area contributed by atoms with Gasteiger partial charge in [-0.2, -0.15) is 0 Å². The number of thiocarbonyl (C=S) groups is 1. The average Bonchev–Trinajstić information content (AvgIpc) is 2.96. The van der Waals surface area contributed by atoms with Gasteiger partial charge in [-0.25, -0.2) is 0 Å². The van der Waals surface area contributed by atoms with Crippen LogP contribution in [0.5, 0.6) is 0 Å². The van der Waals surface area contributed by atoms with E-state index in [4.69, 9.17) is 18.0 Å². The highest BCUT2D eigenvalue weighted by atomic mass is 32.1. The highest BCUT2D eigenvalue weighted by Gasteiger charge is 2.38. The molecule has 1 aliphatic rings. The number of rotatable bonds is 3. The predicted molar refractivity (Wildman–Crippen MR) is 67.4 cm³/mol. The molecule has 0 saturated heterocycles. The van der Waals surface area contributed by atoms with Crippen molar-refractivity contribution in [2.75, 3.05) is 0 Å². The maximum absolute atomic E-state index is 11.9. The molecule has 1 aliphatic carbocycles. The lowest BCUT2D eigenvalue weighted by atomic mass is 10.1. The first kappa shape index (κ1) is 11.1. The molecule has 4 heteroatoms. The normalized spacial score (nSPS) is 16.6. The summed E-state index contributed by atoms with van der Waals surface area (Å²) < 4.78 is 0. The van der Waals surface area contributed by atoms with Crippen LogP contribution in [0.15, 0.2) is 24.3 Å². The zero-order valence-corrected chi connectivity index (χ0v) is 9.93. The van der Waals surface area contributed by atoms with E-state index in [1.165, 1.54) is 0 Å². The Kier molecular flexibility index (Phi) is 2.68. The first-order chi connectivity index (χ1) is 7.50. The van der Waals surface area contributed by atoms with Crippen molar-refractivity contribution in [3.8, 4) is 0 Å². The van der Waals surface area contributed by atoms with E-state index in [1.54, 1.807) is 24.3 Å². The molecule has 0 radical (unpaired) electrons. The molecule has 1 saturated carbocycles. The molecule has 3 nitrogen and oxygen atoms in total. The summed E-state index contributed by atoms with van der Waals surface area (Å²) in [6.45, 7) is 2.04. The SMILES string of the molecule is CC1(NC(=O)c2cccc(C(N)=S)c2)CC1. The Balaban J connectivity index is 2.16. The van der Waals surface area contributed by atoms with Crippen LogP contribution in [0.25, 0.3) is 0 Å². The first-order valence-corrected chi connectivity index (χ1v) is 5.63. The van der Waals surface area contributed by atoms with Gasteiger partial charge in [-0.05, 0) is 31.9 Å². The molecule has 0 unspecified atom stereocenters. The van der Waals surface area contributed by atoms with Gasteiger partial charge in [0.2, 0.25) is 0 Å². The number of nitrogens with two attached hydrogens (primary N) is 1. The van der Waals surface area contributed by atoms with Crippen molar-refractivity contribution in [2.45, 2.75) is 25.3 Å². The molecule has 0 aliphatic heterocycles. The fourth-order valence-corrected chi connectivity index (χ4v) is 1.60. The van der Waals surface area contributed by atoms with Gasteiger partial charge < -0.3 is 11.1 Å². The molecule has 16 heavy (non-hydrogen) atoms. The molecule has 0 atom stereocenters. The minimum atomic E-state index is -0.0573. The predicted octanol–water partition coefficient (Wildman–Crippen LogP) is 1.60. The van der Waals surface area contributed by atoms with E-state index in [0.29, 0.717) is 10.6 Å². The van der Waals surface area contributed by atoms with Crippen LogP contribution in [0.2, 0.25) is 0 Å². The van der Waals surface area contributed by atoms with Crippen molar-refractivity contribution in [2.24, 2.45) is 5.73 Å². The molecule has 0 heterocycles. The van der Waals surface area contributed by atoms with Crippen molar-refractivity contribution in [3.63, 3.8) is 0 Å². The summed E-state index contributed by atoms with van der Waals surface area (Å²) in [5.74, 6) is -0.0573. The van der Waals surface area contributed by atoms with Gasteiger partial charge in [0.25, 0.3) is 5.91 Å². The highest BCUT2D eigenvalue weighted by Crippen LogP contribution is 2.34. The molecule has 0 spiro atoms. The van der Waals surface area contributed by atoms with Crippen molar-refractivity contribution in [1.82, 2.24) is 5.32 Å². The van der Waals surface area contributed by atoms with Crippen molar-refractivity contribution >= 4 is 23.1 Å². The molecule has 1 aromatic carbocycles. The van der Waals surface area contributed by atoms with Crippen LogP contribution >= 0.6 is 12.2 Å². The standard InChI is InChI=1S/C12H14N2OS/c1-12(5-6-12)14-11(15)9-4-2-3-8(7-9)10(13)16/h2-4,7H,5-6H2,1H3,(H2,13,16)(H,14,15). The fourth-order valence-electron chi connectivity index (χ4n) is 1.47. The lowest BCUT2D eigenvalue weighted by molar-refractivity contribution is 0.0935. The number of carbonyl (C=O) groups excluding carboxylic acids is 1. The third-order valence-corrected chi connectivity index (χ3v) is 3.06. The molecule has 3 N–H and O–H groups in total. The number of amides is 1. The van der Waals surface area contributed by atoms with Crippen LogP contribution in [0, 0.1) is 0 Å². The van der Waals surface area contributed by atoms with Crippen LogP contribution in [0.1, 0.15) is 35.7 Å². The van der Waals surface area contributed by atoms with E-state index in [-0.39, 0.29) is 11.4 Å². The molecule has 84 valence electrons. The molecule has 0 bridgehead atoms. The summed E-state index contributed by atoms with van der Waals surface area (Å²) in [4.78, 5) is 12.2. The Labute approximate surface area is 100 Å². The molecule has 2 rings (SSSR count). The summed E-state index contributed by atoms with van der Waals surface area (Å²) in [6, 6.07) is 7.09. The molecule has 1 aromatic rings. The number of nitrogens with one attached hydrogen (secondary N) is 1. The minimum Gasteiger partial charge on any atom is -0.389 e. The number of carbonyl (C=O) groups is 1. The van der Waals surface area contributed by atoms with E-state index < -0.39 is 0 Å². The van der Waals surface area contributed by atoms with Crippen LogP contribution in [0.3, 0.4) is 0 Å². The van der Waals surface area contributed by atoms with Crippen molar-refractivity contribution in [1.29, 1.82) is 0 Å². The molecule has 1 fully saturated rings. The van der Waals surface area contributed by atoms with Gasteiger partial charge >= 0.3 is 0 Å². The largest absolute Gasteiger partial charge is 0.389 e. The molecule has 0 aromatic heterocycles. The van der Waals surface area contributed by atoms with E-state index in [1.807, 2.05) is 6.92 Å². The zero-order chi connectivity index (χ0) is 11.8. The molecular formula is C12H14N2OS. The summed E-state index contributed by atoms with van der Waals surface area (Å²) in [5.41, 5.74) is 6.85. The Morgan fingerprint density at radius 1 is 1.44 bits per heavy atom. The topological polar surface area (TPSA) is 55.1 Å². The second-order valence-corrected chi connectivity index (χ2v) is 4.90. The van der Waals surface area contributed by atoms with Gasteiger partial charge in [-0.15, -0.1) is 0 Å². The maximum Gasteiger partial charge on any atom is 0.251 e. The maximum atomic E-state index is 11.9. The Hall–Kier alpha value is -1.42. The molecular weight excluding hydrogens is 220 g/mol. The zero-order valence-electron chi connectivity index (χ0n) is 9.12. The first-order valence-electron chi connectivity index (χ1n) is 5.23. The molecule has 1 amide bonds. The number of hydrogen-bond donors (Lipinski definition) is 2. The lowest BCUT2D eigenvalue weighted by Crippen LogP contribution is -2.34. The second-order valence-electron chi connectivity index (χ2n) is 4.46. The van der Waals surface area contributed by atoms with Gasteiger partial charge in [-0.3, -0.25) is 4.79 Å². The van der Waals surface area contributed by atoms with Gasteiger partial charge in [0.1, 0.15) is 4.99 Å². The number of hydrogen-bond acceptors (Lipinski definition) is 2. The average molecular weight is 234 g/mol.